The van der Waals surface area contributed by atoms with Crippen molar-refractivity contribution in [1.82, 2.24) is 10.2 Å². The van der Waals surface area contributed by atoms with Gasteiger partial charge in [-0.3, -0.25) is 0 Å². The minimum absolute atomic E-state index is 0.201. The van der Waals surface area contributed by atoms with Crippen LogP contribution in [-0.4, -0.2) is 42.8 Å². The molecular weight excluding hydrogens is 204 g/mol. The van der Waals surface area contributed by atoms with Gasteiger partial charge in [0.05, 0.1) is 6.04 Å². The van der Waals surface area contributed by atoms with Gasteiger partial charge in [0.2, 0.25) is 0 Å². The van der Waals surface area contributed by atoms with Crippen molar-refractivity contribution < 1.29 is 9.53 Å². The van der Waals surface area contributed by atoms with Crippen LogP contribution in [0.4, 0.5) is 4.79 Å². The number of likely N-dealkylation sites (N-methyl/N-ethyl adjacent to an activating group) is 1. The van der Waals surface area contributed by atoms with Gasteiger partial charge in [0.15, 0.2) is 0 Å². The van der Waals surface area contributed by atoms with E-state index in [-0.39, 0.29) is 6.09 Å². The second-order valence-electron chi connectivity index (χ2n) is 6.10. The fourth-order valence-electron chi connectivity index (χ4n) is 2.47. The molecule has 1 N–H and O–H groups in total. The number of nitrogens with one attached hydrogen (secondary N) is 1. The van der Waals surface area contributed by atoms with Crippen LogP contribution < -0.4 is 5.32 Å². The van der Waals surface area contributed by atoms with Gasteiger partial charge in [0.1, 0.15) is 5.60 Å². The van der Waals surface area contributed by atoms with E-state index < -0.39 is 5.60 Å². The van der Waals surface area contributed by atoms with Crippen LogP contribution in [0.15, 0.2) is 0 Å². The Kier molecular flexibility index (Phi) is 2.65. The first kappa shape index (κ1) is 11.7. The molecule has 16 heavy (non-hydrogen) atoms. The molecule has 1 amide bonds. The van der Waals surface area contributed by atoms with E-state index in [1.54, 1.807) is 4.90 Å². The summed E-state index contributed by atoms with van der Waals surface area (Å²) in [5, 5.41) is 3.37. The molecule has 1 aliphatic heterocycles. The van der Waals surface area contributed by atoms with Crippen molar-refractivity contribution in [2.75, 3.05) is 20.1 Å². The average molecular weight is 226 g/mol. The van der Waals surface area contributed by atoms with E-state index in [0.29, 0.717) is 11.5 Å². The van der Waals surface area contributed by atoms with Crippen molar-refractivity contribution in [3.63, 3.8) is 0 Å². The molecule has 0 aromatic rings. The number of amides is 1. The molecule has 1 saturated carbocycles. The Balaban J connectivity index is 1.97. The van der Waals surface area contributed by atoms with Gasteiger partial charge in [-0.05, 0) is 33.6 Å². The van der Waals surface area contributed by atoms with Crippen LogP contribution in [0.1, 0.15) is 33.6 Å². The van der Waals surface area contributed by atoms with Crippen LogP contribution in [0.5, 0.6) is 0 Å². The largest absolute Gasteiger partial charge is 0.444 e. The van der Waals surface area contributed by atoms with Crippen LogP contribution in [0.25, 0.3) is 0 Å². The molecule has 4 heteroatoms. The number of nitrogens with zero attached hydrogens (tertiary/aromatic N) is 1. The van der Waals surface area contributed by atoms with E-state index in [1.807, 2.05) is 27.8 Å². The van der Waals surface area contributed by atoms with Crippen molar-refractivity contribution >= 4 is 6.09 Å². The minimum atomic E-state index is -0.409. The molecule has 1 atom stereocenters. The lowest BCUT2D eigenvalue weighted by Crippen LogP contribution is -2.45. The standard InChI is InChI=1S/C12H22N2O2/c1-11(2,3)16-10(15)14(4)9-7-13-8-12(9)5-6-12/h9,13H,5-8H2,1-4H3. The van der Waals surface area contributed by atoms with Gasteiger partial charge in [-0.15, -0.1) is 0 Å². The lowest BCUT2D eigenvalue weighted by atomic mass is 10.00. The van der Waals surface area contributed by atoms with Gasteiger partial charge in [-0.25, -0.2) is 4.79 Å². The van der Waals surface area contributed by atoms with Gasteiger partial charge in [-0.1, -0.05) is 0 Å². The van der Waals surface area contributed by atoms with E-state index in [1.165, 1.54) is 12.8 Å². The van der Waals surface area contributed by atoms with Crippen molar-refractivity contribution in [3.05, 3.63) is 0 Å². The lowest BCUT2D eigenvalue weighted by molar-refractivity contribution is 0.0189. The van der Waals surface area contributed by atoms with E-state index in [2.05, 4.69) is 5.32 Å². The van der Waals surface area contributed by atoms with E-state index >= 15 is 0 Å². The summed E-state index contributed by atoms with van der Waals surface area (Å²) in [5.74, 6) is 0. The number of hydrogen-bond acceptors (Lipinski definition) is 3. The monoisotopic (exact) mass is 226 g/mol. The Morgan fingerprint density at radius 2 is 2.06 bits per heavy atom. The normalized spacial score (nSPS) is 26.9. The zero-order valence-electron chi connectivity index (χ0n) is 10.7. The van der Waals surface area contributed by atoms with Crippen molar-refractivity contribution in [2.45, 2.75) is 45.3 Å². The Hall–Kier alpha value is -0.770. The van der Waals surface area contributed by atoms with Gasteiger partial charge >= 0.3 is 6.09 Å². The van der Waals surface area contributed by atoms with Gasteiger partial charge in [-0.2, -0.15) is 0 Å². The van der Waals surface area contributed by atoms with Crippen LogP contribution in [0, 0.1) is 5.41 Å². The number of rotatable bonds is 1. The third kappa shape index (κ3) is 2.17. The molecule has 0 aromatic heterocycles. The van der Waals surface area contributed by atoms with Gasteiger partial charge in [0, 0.05) is 25.6 Å². The summed E-state index contributed by atoms with van der Waals surface area (Å²) in [6, 6.07) is 0.308. The Bertz CT molecular complexity index is 292. The summed E-state index contributed by atoms with van der Waals surface area (Å²) in [6.45, 7) is 7.65. The molecule has 1 heterocycles. The quantitative estimate of drug-likeness (QED) is 0.738. The predicted molar refractivity (Wildman–Crippen MR) is 62.3 cm³/mol. The molecule has 1 unspecified atom stereocenters. The third-order valence-corrected chi connectivity index (χ3v) is 3.56. The van der Waals surface area contributed by atoms with Gasteiger partial charge < -0.3 is 15.0 Å². The summed E-state index contributed by atoms with van der Waals surface area (Å²) in [7, 11) is 1.85. The molecule has 1 spiro atoms. The molecule has 2 fully saturated rings. The fraction of sp³-hybridized carbons (Fsp3) is 0.917. The molecule has 0 aromatic carbocycles. The minimum Gasteiger partial charge on any atom is -0.444 e. The SMILES string of the molecule is CN(C(=O)OC(C)(C)C)C1CNCC12CC2. The van der Waals surface area contributed by atoms with E-state index in [0.717, 1.165) is 13.1 Å². The summed E-state index contributed by atoms with van der Waals surface area (Å²) in [5.41, 5.74) is -0.0558. The first-order valence-corrected chi connectivity index (χ1v) is 6.01. The molecule has 1 aliphatic carbocycles. The van der Waals surface area contributed by atoms with Crippen LogP contribution >= 0.6 is 0 Å². The highest BCUT2D eigenvalue weighted by Gasteiger charge is 2.54. The second kappa shape index (κ2) is 3.62. The lowest BCUT2D eigenvalue weighted by Gasteiger charge is -2.31. The number of carbonyl (C=O) groups excluding carboxylic acids is 1. The summed E-state index contributed by atoms with van der Waals surface area (Å²) in [6.07, 6.45) is 2.27. The molecule has 2 aliphatic rings. The molecule has 0 radical (unpaired) electrons. The molecule has 4 nitrogen and oxygen atoms in total. The smallest absolute Gasteiger partial charge is 0.410 e. The molecule has 0 bridgehead atoms. The average Bonchev–Trinajstić information content (AvgIpc) is 2.75. The number of hydrogen-bond donors (Lipinski definition) is 1. The first-order valence-electron chi connectivity index (χ1n) is 6.01. The first-order chi connectivity index (χ1) is 7.34. The van der Waals surface area contributed by atoms with E-state index in [9.17, 15) is 4.79 Å². The number of carbonyl (C=O) groups is 1. The maximum absolute atomic E-state index is 11.9. The van der Waals surface area contributed by atoms with E-state index in [4.69, 9.17) is 4.74 Å². The number of ether oxygens (including phenoxy) is 1. The summed E-state index contributed by atoms with van der Waals surface area (Å²) >= 11 is 0. The molecule has 1 saturated heterocycles. The molecule has 2 rings (SSSR count). The Labute approximate surface area is 97.3 Å². The predicted octanol–water partition coefficient (Wildman–Crippen LogP) is 1.61. The van der Waals surface area contributed by atoms with Crippen LogP contribution in [-0.2, 0) is 4.74 Å². The van der Waals surface area contributed by atoms with Crippen molar-refractivity contribution in [1.29, 1.82) is 0 Å². The van der Waals surface area contributed by atoms with Gasteiger partial charge in [0.25, 0.3) is 0 Å². The second-order valence-corrected chi connectivity index (χ2v) is 6.10. The fourth-order valence-corrected chi connectivity index (χ4v) is 2.47. The highest BCUT2D eigenvalue weighted by molar-refractivity contribution is 5.68. The van der Waals surface area contributed by atoms with Crippen LogP contribution in [0.3, 0.4) is 0 Å². The Morgan fingerprint density at radius 1 is 1.44 bits per heavy atom. The maximum atomic E-state index is 11.9. The summed E-state index contributed by atoms with van der Waals surface area (Å²) < 4.78 is 5.39. The maximum Gasteiger partial charge on any atom is 0.410 e. The zero-order valence-corrected chi connectivity index (χ0v) is 10.7. The Morgan fingerprint density at radius 3 is 2.56 bits per heavy atom. The topological polar surface area (TPSA) is 41.6 Å². The third-order valence-electron chi connectivity index (χ3n) is 3.56. The van der Waals surface area contributed by atoms with Crippen molar-refractivity contribution in [2.24, 2.45) is 5.41 Å². The highest BCUT2D eigenvalue weighted by Crippen LogP contribution is 2.52. The summed E-state index contributed by atoms with van der Waals surface area (Å²) in [4.78, 5) is 13.7. The molecular formula is C12H22N2O2. The van der Waals surface area contributed by atoms with Crippen LogP contribution in [0.2, 0.25) is 0 Å². The molecule has 92 valence electrons. The van der Waals surface area contributed by atoms with Crippen molar-refractivity contribution in [3.8, 4) is 0 Å². The highest BCUT2D eigenvalue weighted by atomic mass is 16.6. The zero-order chi connectivity index (χ0) is 12.0.